The Morgan fingerprint density at radius 1 is 1.04 bits per heavy atom. The molecule has 0 N–H and O–H groups in total. The van der Waals surface area contributed by atoms with Crippen molar-refractivity contribution >= 4 is 40.2 Å². The molecule has 0 spiro atoms. The van der Waals surface area contributed by atoms with Crippen LogP contribution in [0.25, 0.3) is 6.08 Å². The maximum Gasteiger partial charge on any atom is 0.197 e. The van der Waals surface area contributed by atoms with Crippen LogP contribution in [-0.2, 0) is 0 Å². The summed E-state index contributed by atoms with van der Waals surface area (Å²) in [5, 5.41) is 0. The topological polar surface area (TPSA) is 52.6 Å². The van der Waals surface area contributed by atoms with Crippen LogP contribution in [0.2, 0.25) is 0 Å². The lowest BCUT2D eigenvalue weighted by Gasteiger charge is -2.16. The molecule has 1 aliphatic rings. The first kappa shape index (κ1) is 17.7. The maximum absolute atomic E-state index is 12.5. The van der Waals surface area contributed by atoms with Gasteiger partial charge in [0.15, 0.2) is 23.1 Å². The highest BCUT2D eigenvalue weighted by Crippen LogP contribution is 2.36. The summed E-state index contributed by atoms with van der Waals surface area (Å²) < 4.78 is 12.1. The molecule has 0 aromatic heterocycles. The molecule has 1 aliphatic carbocycles. The van der Waals surface area contributed by atoms with Crippen molar-refractivity contribution in [2.45, 2.75) is 20.0 Å². The van der Waals surface area contributed by atoms with E-state index >= 15 is 0 Å². The minimum atomic E-state index is -0.239. The fourth-order valence-electron chi connectivity index (χ4n) is 2.74. The van der Waals surface area contributed by atoms with Crippen LogP contribution in [0.3, 0.4) is 0 Å². The molecule has 0 aliphatic heterocycles. The summed E-state index contributed by atoms with van der Waals surface area (Å²) in [5.41, 5.74) is 1.82. The predicted molar refractivity (Wildman–Crippen MR) is 105 cm³/mol. The molecule has 0 radical (unpaired) electrons. The number of Topliss-reactive ketones (excluding diaryl/α,β-unsaturated/α-hetero) is 2. The second-order valence-corrected chi connectivity index (χ2v) is 7.12. The fraction of sp³-hybridized carbons (Fsp3) is 0.200. The van der Waals surface area contributed by atoms with Gasteiger partial charge in [-0.3, -0.25) is 9.59 Å². The Morgan fingerprint density at radius 3 is 2.16 bits per heavy atom. The van der Waals surface area contributed by atoms with Gasteiger partial charge < -0.3 is 9.47 Å². The number of benzene rings is 2. The molecule has 0 bridgehead atoms. The number of hydrogen-bond acceptors (Lipinski definition) is 4. The molecular formula is C20H17IO4. The first-order valence-electron chi connectivity index (χ1n) is 7.86. The molecule has 0 heterocycles. The molecule has 0 fully saturated rings. The monoisotopic (exact) mass is 448 g/mol. The first-order chi connectivity index (χ1) is 11.9. The Morgan fingerprint density at radius 2 is 1.64 bits per heavy atom. The molecule has 0 saturated heterocycles. The SMILES string of the molecule is COc1cc(C=C2C(=O)c3ccccc3C2=O)cc(I)c1OC(C)C. The Kier molecular flexibility index (Phi) is 4.94. The third kappa shape index (κ3) is 3.33. The van der Waals surface area contributed by atoms with Crippen LogP contribution in [0.5, 0.6) is 11.5 Å². The zero-order valence-electron chi connectivity index (χ0n) is 14.1. The number of allylic oxidation sites excluding steroid dienone is 1. The van der Waals surface area contributed by atoms with E-state index in [0.717, 1.165) is 9.13 Å². The third-order valence-corrected chi connectivity index (χ3v) is 4.62. The van der Waals surface area contributed by atoms with Crippen molar-refractivity contribution in [3.8, 4) is 11.5 Å². The number of rotatable bonds is 4. The zero-order chi connectivity index (χ0) is 18.1. The van der Waals surface area contributed by atoms with Crippen LogP contribution in [0.4, 0.5) is 0 Å². The fourth-order valence-corrected chi connectivity index (χ4v) is 3.50. The van der Waals surface area contributed by atoms with Crippen LogP contribution in [0.1, 0.15) is 40.1 Å². The number of methoxy groups -OCH3 is 1. The first-order valence-corrected chi connectivity index (χ1v) is 8.94. The highest BCUT2D eigenvalue weighted by molar-refractivity contribution is 14.1. The second-order valence-electron chi connectivity index (χ2n) is 5.96. The summed E-state index contributed by atoms with van der Waals surface area (Å²) in [6.07, 6.45) is 1.63. The van der Waals surface area contributed by atoms with Gasteiger partial charge in [0.05, 0.1) is 22.4 Å². The van der Waals surface area contributed by atoms with Gasteiger partial charge in [-0.25, -0.2) is 0 Å². The van der Waals surface area contributed by atoms with Gasteiger partial charge in [0.25, 0.3) is 0 Å². The van der Waals surface area contributed by atoms with Gasteiger partial charge in [0, 0.05) is 11.1 Å². The molecule has 3 rings (SSSR count). The van der Waals surface area contributed by atoms with Gasteiger partial charge in [-0.1, -0.05) is 24.3 Å². The zero-order valence-corrected chi connectivity index (χ0v) is 16.3. The lowest BCUT2D eigenvalue weighted by Crippen LogP contribution is -2.08. The molecule has 25 heavy (non-hydrogen) atoms. The average molecular weight is 448 g/mol. The number of hydrogen-bond donors (Lipinski definition) is 0. The van der Waals surface area contributed by atoms with Crippen LogP contribution in [-0.4, -0.2) is 24.8 Å². The third-order valence-electron chi connectivity index (χ3n) is 3.82. The van der Waals surface area contributed by atoms with Crippen molar-refractivity contribution in [2.24, 2.45) is 0 Å². The minimum Gasteiger partial charge on any atom is -0.493 e. The lowest BCUT2D eigenvalue weighted by molar-refractivity contribution is 0.0990. The van der Waals surface area contributed by atoms with E-state index in [2.05, 4.69) is 22.6 Å². The smallest absolute Gasteiger partial charge is 0.197 e. The van der Waals surface area contributed by atoms with Crippen molar-refractivity contribution < 1.29 is 19.1 Å². The van der Waals surface area contributed by atoms with Crippen LogP contribution in [0, 0.1) is 3.57 Å². The summed E-state index contributed by atoms with van der Waals surface area (Å²) in [5.74, 6) is 0.754. The molecule has 0 amide bonds. The molecule has 0 unspecified atom stereocenters. The van der Waals surface area contributed by atoms with Gasteiger partial charge in [-0.2, -0.15) is 0 Å². The average Bonchev–Trinajstić information content (AvgIpc) is 2.82. The van der Waals surface area contributed by atoms with Crippen molar-refractivity contribution in [3.63, 3.8) is 0 Å². The van der Waals surface area contributed by atoms with Crippen molar-refractivity contribution in [2.75, 3.05) is 7.11 Å². The normalized spacial score (nSPS) is 13.2. The van der Waals surface area contributed by atoms with Gasteiger partial charge >= 0.3 is 0 Å². The van der Waals surface area contributed by atoms with E-state index in [-0.39, 0.29) is 23.2 Å². The quantitative estimate of drug-likeness (QED) is 0.391. The summed E-state index contributed by atoms with van der Waals surface area (Å²) in [4.78, 5) is 25.0. The van der Waals surface area contributed by atoms with Crippen molar-refractivity contribution in [3.05, 3.63) is 62.2 Å². The van der Waals surface area contributed by atoms with Crippen LogP contribution >= 0.6 is 22.6 Å². The van der Waals surface area contributed by atoms with Gasteiger partial charge in [0.1, 0.15) is 0 Å². The number of ether oxygens (including phenoxy) is 2. The Labute approximate surface area is 160 Å². The summed E-state index contributed by atoms with van der Waals surface area (Å²) >= 11 is 2.16. The largest absolute Gasteiger partial charge is 0.493 e. The lowest BCUT2D eigenvalue weighted by atomic mass is 10.1. The molecule has 4 nitrogen and oxygen atoms in total. The molecular weight excluding hydrogens is 431 g/mol. The van der Waals surface area contributed by atoms with E-state index in [1.54, 1.807) is 43.5 Å². The second kappa shape index (κ2) is 7.00. The van der Waals surface area contributed by atoms with Gasteiger partial charge in [0.2, 0.25) is 0 Å². The Bertz CT molecular complexity index is 860. The predicted octanol–water partition coefficient (Wildman–Crippen LogP) is 4.55. The number of ketones is 2. The minimum absolute atomic E-state index is 0.0131. The Hall–Kier alpha value is -2.15. The van der Waals surface area contributed by atoms with E-state index in [4.69, 9.17) is 9.47 Å². The van der Waals surface area contributed by atoms with Gasteiger partial charge in [-0.05, 0) is 60.2 Å². The van der Waals surface area contributed by atoms with E-state index in [1.807, 2.05) is 19.9 Å². The molecule has 128 valence electrons. The van der Waals surface area contributed by atoms with Crippen molar-refractivity contribution in [1.82, 2.24) is 0 Å². The van der Waals surface area contributed by atoms with E-state index < -0.39 is 0 Å². The van der Waals surface area contributed by atoms with Crippen molar-refractivity contribution in [1.29, 1.82) is 0 Å². The summed E-state index contributed by atoms with van der Waals surface area (Å²) in [6, 6.07) is 10.5. The standard InChI is InChI=1S/C20H17IO4/c1-11(2)25-20-16(21)9-12(10-17(20)24-3)8-15-18(22)13-6-4-5-7-14(13)19(15)23/h4-11H,1-3H3. The number of carbonyl (C=O) groups is 2. The van der Waals surface area contributed by atoms with Gasteiger partial charge in [-0.15, -0.1) is 0 Å². The Balaban J connectivity index is 2.04. The highest BCUT2D eigenvalue weighted by atomic mass is 127. The summed E-state index contributed by atoms with van der Waals surface area (Å²) in [7, 11) is 1.57. The van der Waals surface area contributed by atoms with Crippen LogP contribution < -0.4 is 9.47 Å². The number of halogens is 1. The maximum atomic E-state index is 12.5. The molecule has 0 saturated carbocycles. The number of fused-ring (bicyclic) bond motifs is 1. The molecule has 2 aromatic carbocycles. The summed E-state index contributed by atoms with van der Waals surface area (Å²) in [6.45, 7) is 3.89. The highest BCUT2D eigenvalue weighted by Gasteiger charge is 2.32. The number of carbonyl (C=O) groups excluding carboxylic acids is 2. The van der Waals surface area contributed by atoms with Crippen LogP contribution in [0.15, 0.2) is 42.0 Å². The van der Waals surface area contributed by atoms with E-state index in [0.29, 0.717) is 22.6 Å². The molecule has 5 heteroatoms. The van der Waals surface area contributed by atoms with E-state index in [9.17, 15) is 9.59 Å². The molecule has 2 aromatic rings. The molecule has 0 atom stereocenters. The van der Waals surface area contributed by atoms with E-state index in [1.165, 1.54) is 0 Å².